The van der Waals surface area contributed by atoms with Crippen molar-refractivity contribution in [2.45, 2.75) is 52.0 Å². The van der Waals surface area contributed by atoms with Gasteiger partial charge in [-0.25, -0.2) is 0 Å². The molecule has 0 N–H and O–H groups in total. The van der Waals surface area contributed by atoms with Gasteiger partial charge >= 0.3 is 5.97 Å². The van der Waals surface area contributed by atoms with Gasteiger partial charge in [-0.15, -0.1) is 0 Å². The molecule has 0 bridgehead atoms. The Labute approximate surface area is 173 Å². The Balaban J connectivity index is 2.04. The van der Waals surface area contributed by atoms with Gasteiger partial charge in [-0.3, -0.25) is 9.48 Å². The fraction of sp³-hybridized carbons (Fsp3) is 0.360. The van der Waals surface area contributed by atoms with E-state index in [1.165, 1.54) is 0 Å². The van der Waals surface area contributed by atoms with Crippen LogP contribution in [0, 0.1) is 0 Å². The van der Waals surface area contributed by atoms with E-state index in [0.29, 0.717) is 19.6 Å². The molecule has 4 nitrogen and oxygen atoms in total. The van der Waals surface area contributed by atoms with Crippen LogP contribution < -0.4 is 0 Å². The molecule has 1 atom stereocenters. The summed E-state index contributed by atoms with van der Waals surface area (Å²) in [4.78, 5) is 12.9. The molecule has 0 aliphatic carbocycles. The van der Waals surface area contributed by atoms with E-state index < -0.39 is 5.92 Å². The van der Waals surface area contributed by atoms with E-state index >= 15 is 0 Å². The molecule has 3 rings (SSSR count). The van der Waals surface area contributed by atoms with Crippen LogP contribution >= 0.6 is 0 Å². The minimum absolute atomic E-state index is 0.108. The number of rotatable bonds is 7. The quantitative estimate of drug-likeness (QED) is 0.526. The summed E-state index contributed by atoms with van der Waals surface area (Å²) in [7, 11) is 0. The standard InChI is InChI=1S/C25H30N2O2/c1-5-29-24(28)21(16-19-12-8-6-9-13-19)22-17-23(25(2,3)4)26-27(22)18-20-14-10-7-11-15-20/h6-15,17,21H,5,16,18H2,1-4H3/t21-/m1/s1. The third-order valence-corrected chi connectivity index (χ3v) is 4.97. The Morgan fingerprint density at radius 3 is 2.14 bits per heavy atom. The monoisotopic (exact) mass is 390 g/mol. The molecule has 0 fully saturated rings. The van der Waals surface area contributed by atoms with Gasteiger partial charge in [-0.05, 0) is 30.5 Å². The summed E-state index contributed by atoms with van der Waals surface area (Å²) in [6, 6.07) is 22.4. The van der Waals surface area contributed by atoms with Crippen molar-refractivity contribution < 1.29 is 9.53 Å². The number of hydrogen-bond acceptors (Lipinski definition) is 3. The molecule has 0 aliphatic heterocycles. The molecule has 0 aliphatic rings. The first-order chi connectivity index (χ1) is 13.9. The Morgan fingerprint density at radius 1 is 1.00 bits per heavy atom. The minimum atomic E-state index is -0.398. The molecule has 0 radical (unpaired) electrons. The predicted molar refractivity (Wildman–Crippen MR) is 116 cm³/mol. The molecule has 0 unspecified atom stereocenters. The van der Waals surface area contributed by atoms with Crippen molar-refractivity contribution in [3.05, 3.63) is 89.2 Å². The molecular weight excluding hydrogens is 360 g/mol. The number of hydrogen-bond donors (Lipinski definition) is 0. The fourth-order valence-electron chi connectivity index (χ4n) is 3.36. The summed E-state index contributed by atoms with van der Waals surface area (Å²) in [5.74, 6) is -0.601. The van der Waals surface area contributed by atoms with Crippen LogP contribution in [-0.4, -0.2) is 22.4 Å². The van der Waals surface area contributed by atoms with Crippen LogP contribution in [0.3, 0.4) is 0 Å². The van der Waals surface area contributed by atoms with Crippen molar-refractivity contribution in [1.29, 1.82) is 0 Å². The first-order valence-electron chi connectivity index (χ1n) is 10.2. The smallest absolute Gasteiger partial charge is 0.315 e. The molecule has 0 amide bonds. The maximum atomic E-state index is 12.9. The zero-order valence-electron chi connectivity index (χ0n) is 17.8. The maximum Gasteiger partial charge on any atom is 0.315 e. The SMILES string of the molecule is CCOC(=O)[C@H](Cc1ccccc1)c1cc(C(C)(C)C)nn1Cc1ccccc1. The van der Waals surface area contributed by atoms with E-state index in [0.717, 1.165) is 22.5 Å². The van der Waals surface area contributed by atoms with Gasteiger partial charge in [0.2, 0.25) is 0 Å². The molecule has 152 valence electrons. The van der Waals surface area contributed by atoms with Crippen molar-refractivity contribution >= 4 is 5.97 Å². The second kappa shape index (κ2) is 9.08. The van der Waals surface area contributed by atoms with Gasteiger partial charge in [0.25, 0.3) is 0 Å². The highest BCUT2D eigenvalue weighted by atomic mass is 16.5. The zero-order valence-corrected chi connectivity index (χ0v) is 17.8. The van der Waals surface area contributed by atoms with Crippen LogP contribution in [0.5, 0.6) is 0 Å². The minimum Gasteiger partial charge on any atom is -0.465 e. The number of carbonyl (C=O) groups is 1. The molecular formula is C25H30N2O2. The van der Waals surface area contributed by atoms with Crippen LogP contribution in [0.4, 0.5) is 0 Å². The number of aromatic nitrogens is 2. The summed E-state index contributed by atoms with van der Waals surface area (Å²) in [6.45, 7) is 9.26. The highest BCUT2D eigenvalue weighted by molar-refractivity contribution is 5.78. The first-order valence-corrected chi connectivity index (χ1v) is 10.2. The van der Waals surface area contributed by atoms with Crippen LogP contribution in [0.2, 0.25) is 0 Å². The maximum absolute atomic E-state index is 12.9. The van der Waals surface area contributed by atoms with Crippen molar-refractivity contribution in [3.8, 4) is 0 Å². The molecule has 3 aromatic rings. The highest BCUT2D eigenvalue weighted by Gasteiger charge is 2.29. The topological polar surface area (TPSA) is 44.1 Å². The molecule has 1 aromatic heterocycles. The van der Waals surface area contributed by atoms with E-state index in [2.05, 4.69) is 51.1 Å². The van der Waals surface area contributed by atoms with Gasteiger partial charge in [0.15, 0.2) is 0 Å². The average molecular weight is 391 g/mol. The largest absolute Gasteiger partial charge is 0.465 e. The van der Waals surface area contributed by atoms with Gasteiger partial charge in [0, 0.05) is 5.41 Å². The summed E-state index contributed by atoms with van der Waals surface area (Å²) >= 11 is 0. The van der Waals surface area contributed by atoms with Gasteiger partial charge in [0.1, 0.15) is 5.92 Å². The number of esters is 1. The number of nitrogens with zero attached hydrogens (tertiary/aromatic N) is 2. The third-order valence-electron chi connectivity index (χ3n) is 4.97. The second-order valence-electron chi connectivity index (χ2n) is 8.34. The summed E-state index contributed by atoms with van der Waals surface area (Å²) in [6.07, 6.45) is 0.587. The van der Waals surface area contributed by atoms with E-state index in [1.807, 2.05) is 48.0 Å². The highest BCUT2D eigenvalue weighted by Crippen LogP contribution is 2.29. The molecule has 0 spiro atoms. The van der Waals surface area contributed by atoms with Crippen LogP contribution in [0.25, 0.3) is 0 Å². The van der Waals surface area contributed by atoms with E-state index in [1.54, 1.807) is 0 Å². The number of carbonyl (C=O) groups excluding carboxylic acids is 1. The summed E-state index contributed by atoms with van der Waals surface area (Å²) in [5, 5.41) is 4.89. The lowest BCUT2D eigenvalue weighted by Gasteiger charge is -2.17. The molecule has 29 heavy (non-hydrogen) atoms. The van der Waals surface area contributed by atoms with Gasteiger partial charge in [0.05, 0.1) is 24.5 Å². The Bertz CT molecular complexity index is 924. The van der Waals surface area contributed by atoms with E-state index in [4.69, 9.17) is 9.84 Å². The lowest BCUT2D eigenvalue weighted by molar-refractivity contribution is -0.145. The van der Waals surface area contributed by atoms with E-state index in [9.17, 15) is 4.79 Å². The van der Waals surface area contributed by atoms with Crippen LogP contribution in [0.1, 0.15) is 56.1 Å². The predicted octanol–water partition coefficient (Wildman–Crippen LogP) is 5.12. The van der Waals surface area contributed by atoms with Gasteiger partial charge < -0.3 is 4.74 Å². The summed E-state index contributed by atoms with van der Waals surface area (Å²) < 4.78 is 7.42. The lowest BCUT2D eigenvalue weighted by atomic mass is 9.90. The van der Waals surface area contributed by atoms with E-state index in [-0.39, 0.29) is 11.4 Å². The van der Waals surface area contributed by atoms with Crippen LogP contribution in [0.15, 0.2) is 66.7 Å². The first kappa shape index (κ1) is 20.8. The Morgan fingerprint density at radius 2 is 1.59 bits per heavy atom. The Hall–Kier alpha value is -2.88. The normalized spacial score (nSPS) is 12.6. The fourth-order valence-corrected chi connectivity index (χ4v) is 3.36. The molecule has 2 aromatic carbocycles. The summed E-state index contributed by atoms with van der Waals surface area (Å²) in [5.41, 5.74) is 4.03. The van der Waals surface area contributed by atoms with Crippen molar-refractivity contribution in [2.24, 2.45) is 0 Å². The molecule has 0 saturated heterocycles. The van der Waals surface area contributed by atoms with Gasteiger partial charge in [-0.1, -0.05) is 81.4 Å². The molecule has 1 heterocycles. The van der Waals surface area contributed by atoms with Crippen molar-refractivity contribution in [3.63, 3.8) is 0 Å². The number of ether oxygens (including phenoxy) is 1. The van der Waals surface area contributed by atoms with Crippen LogP contribution in [-0.2, 0) is 27.9 Å². The van der Waals surface area contributed by atoms with Crippen molar-refractivity contribution in [2.75, 3.05) is 6.61 Å². The number of benzene rings is 2. The van der Waals surface area contributed by atoms with Gasteiger partial charge in [-0.2, -0.15) is 5.10 Å². The third kappa shape index (κ3) is 5.35. The Kier molecular flexibility index (Phi) is 6.53. The molecule has 0 saturated carbocycles. The second-order valence-corrected chi connectivity index (χ2v) is 8.34. The lowest BCUT2D eigenvalue weighted by Crippen LogP contribution is -2.22. The van der Waals surface area contributed by atoms with Crippen molar-refractivity contribution in [1.82, 2.24) is 9.78 Å². The zero-order chi connectivity index (χ0) is 20.9. The molecule has 4 heteroatoms. The average Bonchev–Trinajstić information content (AvgIpc) is 3.12.